The van der Waals surface area contributed by atoms with Crippen molar-refractivity contribution >= 4 is 11.9 Å². The number of hydrogen-bond acceptors (Lipinski definition) is 7. The quantitative estimate of drug-likeness (QED) is 0.349. The van der Waals surface area contributed by atoms with Gasteiger partial charge in [0.25, 0.3) is 0 Å². The standard InChI is InChI=1S/C11H20O8/c1-15-11(14)9-19-7-5-17-3-2-16-4-6-18-8-10(12)13/h2-9H2,1H3,(H,12,13). The Bertz CT molecular complexity index is 243. The van der Waals surface area contributed by atoms with Crippen LogP contribution in [0, 0.1) is 0 Å². The van der Waals surface area contributed by atoms with Crippen LogP contribution in [0.3, 0.4) is 0 Å². The van der Waals surface area contributed by atoms with E-state index in [-0.39, 0.29) is 19.8 Å². The smallest absolute Gasteiger partial charge is 0.331 e. The zero-order valence-electron chi connectivity index (χ0n) is 11.0. The summed E-state index contributed by atoms with van der Waals surface area (Å²) >= 11 is 0. The Kier molecular flexibility index (Phi) is 12.4. The third-order valence-corrected chi connectivity index (χ3v) is 1.79. The van der Waals surface area contributed by atoms with Crippen LogP contribution in [0.4, 0.5) is 0 Å². The Morgan fingerprint density at radius 1 is 0.789 bits per heavy atom. The van der Waals surface area contributed by atoms with E-state index in [1.54, 1.807) is 0 Å². The maximum absolute atomic E-state index is 10.7. The monoisotopic (exact) mass is 280 g/mol. The Labute approximate surface area is 111 Å². The van der Waals surface area contributed by atoms with Gasteiger partial charge in [0, 0.05) is 0 Å². The molecular weight excluding hydrogens is 260 g/mol. The number of carbonyl (C=O) groups is 2. The van der Waals surface area contributed by atoms with Gasteiger partial charge in [-0.15, -0.1) is 0 Å². The molecule has 0 saturated heterocycles. The van der Waals surface area contributed by atoms with Gasteiger partial charge in [0.1, 0.15) is 13.2 Å². The molecule has 8 nitrogen and oxygen atoms in total. The number of methoxy groups -OCH3 is 1. The molecule has 0 radical (unpaired) electrons. The van der Waals surface area contributed by atoms with Gasteiger partial charge < -0.3 is 28.8 Å². The van der Waals surface area contributed by atoms with Crippen LogP contribution in [-0.2, 0) is 33.3 Å². The molecule has 0 heterocycles. The number of carboxylic acid groups (broad SMARTS) is 1. The summed E-state index contributed by atoms with van der Waals surface area (Å²) in [5.74, 6) is -1.43. The number of ether oxygens (including phenoxy) is 5. The fraction of sp³-hybridized carbons (Fsp3) is 0.818. The maximum Gasteiger partial charge on any atom is 0.331 e. The van der Waals surface area contributed by atoms with Gasteiger partial charge in [-0.25, -0.2) is 9.59 Å². The van der Waals surface area contributed by atoms with E-state index in [2.05, 4.69) is 4.74 Å². The van der Waals surface area contributed by atoms with Crippen molar-refractivity contribution < 1.29 is 38.4 Å². The predicted molar refractivity (Wildman–Crippen MR) is 62.9 cm³/mol. The molecule has 0 aliphatic rings. The second kappa shape index (κ2) is 13.2. The molecule has 0 spiro atoms. The Morgan fingerprint density at radius 3 is 1.63 bits per heavy atom. The molecule has 0 fully saturated rings. The molecule has 112 valence electrons. The summed E-state index contributed by atoms with van der Waals surface area (Å²) in [6.07, 6.45) is 0. The van der Waals surface area contributed by atoms with E-state index in [9.17, 15) is 9.59 Å². The van der Waals surface area contributed by atoms with Gasteiger partial charge in [-0.1, -0.05) is 0 Å². The van der Waals surface area contributed by atoms with Crippen LogP contribution in [-0.4, -0.2) is 77.0 Å². The lowest BCUT2D eigenvalue weighted by Crippen LogP contribution is -2.15. The molecule has 0 rings (SSSR count). The van der Waals surface area contributed by atoms with Gasteiger partial charge in [-0.2, -0.15) is 0 Å². The molecule has 8 heteroatoms. The molecule has 1 N–H and O–H groups in total. The van der Waals surface area contributed by atoms with Crippen molar-refractivity contribution in [1.29, 1.82) is 0 Å². The highest BCUT2D eigenvalue weighted by Crippen LogP contribution is 1.83. The Hall–Kier alpha value is -1.22. The lowest BCUT2D eigenvalue weighted by molar-refractivity contribution is -0.146. The van der Waals surface area contributed by atoms with Crippen LogP contribution in [0.5, 0.6) is 0 Å². The summed E-state index contributed by atoms with van der Waals surface area (Å²) < 4.78 is 24.4. The zero-order chi connectivity index (χ0) is 14.3. The van der Waals surface area contributed by atoms with Crippen molar-refractivity contribution in [3.05, 3.63) is 0 Å². The first-order valence-corrected chi connectivity index (χ1v) is 5.76. The van der Waals surface area contributed by atoms with Crippen molar-refractivity contribution in [3.8, 4) is 0 Å². The summed E-state index contributed by atoms with van der Waals surface area (Å²) in [5.41, 5.74) is 0. The highest BCUT2D eigenvalue weighted by molar-refractivity contribution is 5.70. The van der Waals surface area contributed by atoms with Crippen molar-refractivity contribution in [2.75, 3.05) is 60.0 Å². The van der Waals surface area contributed by atoms with Crippen molar-refractivity contribution in [1.82, 2.24) is 0 Å². The van der Waals surface area contributed by atoms with Crippen molar-refractivity contribution in [2.45, 2.75) is 0 Å². The number of aliphatic carboxylic acids is 1. The summed E-state index contributed by atoms with van der Waals surface area (Å²) in [5, 5.41) is 8.28. The SMILES string of the molecule is COC(=O)COCCOCCOCCOCC(=O)O. The first kappa shape index (κ1) is 17.8. The number of rotatable bonds is 13. The molecule has 0 unspecified atom stereocenters. The fourth-order valence-electron chi connectivity index (χ4n) is 0.932. The van der Waals surface area contributed by atoms with Crippen LogP contribution >= 0.6 is 0 Å². The molecule has 0 aromatic carbocycles. The third kappa shape index (κ3) is 14.7. The van der Waals surface area contributed by atoms with E-state index in [1.165, 1.54) is 7.11 Å². The number of carbonyl (C=O) groups excluding carboxylic acids is 1. The summed E-state index contributed by atoms with van der Waals surface area (Å²) in [6, 6.07) is 0. The molecule has 0 aromatic rings. The molecule has 0 saturated carbocycles. The Balaban J connectivity index is 3.03. The minimum absolute atomic E-state index is 0.0860. The minimum Gasteiger partial charge on any atom is -0.480 e. The van der Waals surface area contributed by atoms with Gasteiger partial charge in [0.05, 0.1) is 46.8 Å². The molecule has 0 bridgehead atoms. The summed E-state index contributed by atoms with van der Waals surface area (Å²) in [6.45, 7) is 1.57. The van der Waals surface area contributed by atoms with E-state index in [0.717, 1.165) is 0 Å². The molecule has 0 amide bonds. The Morgan fingerprint density at radius 2 is 1.21 bits per heavy atom. The van der Waals surface area contributed by atoms with Crippen LogP contribution < -0.4 is 0 Å². The van der Waals surface area contributed by atoms with E-state index in [0.29, 0.717) is 33.0 Å². The summed E-state index contributed by atoms with van der Waals surface area (Å²) in [7, 11) is 1.29. The number of carboxylic acids is 1. The van der Waals surface area contributed by atoms with E-state index >= 15 is 0 Å². The summed E-state index contributed by atoms with van der Waals surface area (Å²) in [4.78, 5) is 20.8. The molecule has 19 heavy (non-hydrogen) atoms. The zero-order valence-corrected chi connectivity index (χ0v) is 11.0. The molecule has 0 atom stereocenters. The van der Waals surface area contributed by atoms with Gasteiger partial charge in [0.2, 0.25) is 0 Å². The minimum atomic E-state index is -1.00. The largest absolute Gasteiger partial charge is 0.480 e. The average molecular weight is 280 g/mol. The molecular formula is C11H20O8. The first-order chi connectivity index (χ1) is 9.16. The fourth-order valence-corrected chi connectivity index (χ4v) is 0.932. The highest BCUT2D eigenvalue weighted by atomic mass is 16.6. The molecule has 0 aliphatic carbocycles. The topological polar surface area (TPSA) is 101 Å². The van der Waals surface area contributed by atoms with Crippen LogP contribution in [0.1, 0.15) is 0 Å². The second-order valence-electron chi connectivity index (χ2n) is 3.30. The predicted octanol–water partition coefficient (Wildman–Crippen LogP) is -0.690. The van der Waals surface area contributed by atoms with Gasteiger partial charge in [-0.3, -0.25) is 0 Å². The molecule has 0 aromatic heterocycles. The number of esters is 1. The number of hydrogen-bond donors (Lipinski definition) is 1. The highest BCUT2D eigenvalue weighted by Gasteiger charge is 1.99. The molecule has 0 aliphatic heterocycles. The van der Waals surface area contributed by atoms with Gasteiger partial charge >= 0.3 is 11.9 Å². The van der Waals surface area contributed by atoms with Crippen LogP contribution in [0.25, 0.3) is 0 Å². The lowest BCUT2D eigenvalue weighted by atomic mass is 10.7. The lowest BCUT2D eigenvalue weighted by Gasteiger charge is -2.06. The van der Waals surface area contributed by atoms with E-state index in [1.807, 2.05) is 0 Å². The average Bonchev–Trinajstić information content (AvgIpc) is 2.39. The van der Waals surface area contributed by atoms with Crippen molar-refractivity contribution in [3.63, 3.8) is 0 Å². The van der Waals surface area contributed by atoms with Gasteiger partial charge in [-0.05, 0) is 0 Å². The van der Waals surface area contributed by atoms with Crippen LogP contribution in [0.2, 0.25) is 0 Å². The van der Waals surface area contributed by atoms with E-state index in [4.69, 9.17) is 24.1 Å². The van der Waals surface area contributed by atoms with Crippen LogP contribution in [0.15, 0.2) is 0 Å². The second-order valence-corrected chi connectivity index (χ2v) is 3.30. The van der Waals surface area contributed by atoms with E-state index < -0.39 is 11.9 Å². The van der Waals surface area contributed by atoms with Crippen molar-refractivity contribution in [2.24, 2.45) is 0 Å². The third-order valence-electron chi connectivity index (χ3n) is 1.79. The van der Waals surface area contributed by atoms with Gasteiger partial charge in [0.15, 0.2) is 0 Å². The normalized spacial score (nSPS) is 10.4. The maximum atomic E-state index is 10.7. The first-order valence-electron chi connectivity index (χ1n) is 5.76.